The molecule has 1 amide bonds. The average molecular weight is 753 g/mol. The number of aliphatic hydroxyl groups is 1. The number of carbonyl (C=O) groups excluding carboxylic acids is 1. The summed E-state index contributed by atoms with van der Waals surface area (Å²) in [7, 11) is 3.20. The van der Waals surface area contributed by atoms with Gasteiger partial charge in [-0.3, -0.25) is 4.79 Å². The van der Waals surface area contributed by atoms with E-state index in [1.54, 1.807) is 14.2 Å². The molecule has 4 aromatic carbocycles. The summed E-state index contributed by atoms with van der Waals surface area (Å²) in [4.78, 5) is 19.7. The fourth-order valence-electron chi connectivity index (χ4n) is 5.39. The Hall–Kier alpha value is -3.86. The zero-order valence-corrected chi connectivity index (χ0v) is 28.8. The summed E-state index contributed by atoms with van der Waals surface area (Å²) in [5.74, 6) is 2.07. The molecule has 0 radical (unpaired) electrons. The first kappa shape index (κ1) is 33.5. The van der Waals surface area contributed by atoms with Crippen LogP contribution in [0.4, 0.5) is 0 Å². The maximum Gasteiger partial charge on any atom is 0.252 e. The van der Waals surface area contributed by atoms with Crippen molar-refractivity contribution in [3.63, 3.8) is 0 Å². The van der Waals surface area contributed by atoms with Gasteiger partial charge in [-0.25, -0.2) is 4.99 Å². The van der Waals surface area contributed by atoms with Crippen LogP contribution in [-0.2, 0) is 22.4 Å². The highest BCUT2D eigenvalue weighted by Crippen LogP contribution is 2.45. The molecule has 1 aliphatic heterocycles. The summed E-state index contributed by atoms with van der Waals surface area (Å²) >= 11 is 7.39. The van der Waals surface area contributed by atoms with Gasteiger partial charge in [0.25, 0.3) is 5.91 Å². The topological polar surface area (TPSA) is 98.6 Å². The lowest BCUT2D eigenvalue weighted by molar-refractivity contribution is -0.128. The highest BCUT2D eigenvalue weighted by molar-refractivity contribution is 9.10. The fourth-order valence-corrected chi connectivity index (χ4v) is 6.31. The molecule has 5 rings (SSSR count). The van der Waals surface area contributed by atoms with Gasteiger partial charge in [-0.1, -0.05) is 74.3 Å². The Morgan fingerprint density at radius 1 is 0.935 bits per heavy atom. The van der Waals surface area contributed by atoms with E-state index in [4.69, 9.17) is 29.0 Å². The van der Waals surface area contributed by atoms with Gasteiger partial charge in [0.05, 0.1) is 20.8 Å². The SMILES string of the molecule is COc1ccc(CCNC(=O)[C@]2(Cc3ccccc3Br)N=C(c3ccc(OCCCO)cc3)O[C@@H]2c2ccccc2Br)cc1OC. The smallest absolute Gasteiger partial charge is 0.252 e. The second-order valence-corrected chi connectivity index (χ2v) is 12.5. The normalized spacial score (nSPS) is 17.2. The number of aliphatic imine (C=N–C) groups is 1. The second kappa shape index (κ2) is 15.6. The number of rotatable bonds is 14. The van der Waals surface area contributed by atoms with Gasteiger partial charge in [0, 0.05) is 46.1 Å². The third-order valence-electron chi connectivity index (χ3n) is 7.78. The molecule has 0 aliphatic carbocycles. The van der Waals surface area contributed by atoms with Crippen LogP contribution < -0.4 is 19.5 Å². The number of nitrogens with one attached hydrogen (secondary N) is 1. The number of hydrogen-bond donors (Lipinski definition) is 2. The molecule has 10 heteroatoms. The molecule has 1 aliphatic rings. The van der Waals surface area contributed by atoms with E-state index in [0.29, 0.717) is 49.1 Å². The molecule has 240 valence electrons. The number of nitrogens with zero attached hydrogens (tertiary/aromatic N) is 1. The summed E-state index contributed by atoms with van der Waals surface area (Å²) in [6.07, 6.45) is 0.677. The summed E-state index contributed by atoms with van der Waals surface area (Å²) in [5, 5.41) is 12.3. The summed E-state index contributed by atoms with van der Waals surface area (Å²) in [6.45, 7) is 0.852. The van der Waals surface area contributed by atoms with Gasteiger partial charge in [-0.2, -0.15) is 0 Å². The number of benzene rings is 4. The number of methoxy groups -OCH3 is 2. The maximum absolute atomic E-state index is 14.6. The first-order valence-electron chi connectivity index (χ1n) is 15.0. The van der Waals surface area contributed by atoms with Crippen LogP contribution in [0.1, 0.15) is 34.8 Å². The molecule has 0 spiro atoms. The Kier molecular flexibility index (Phi) is 11.4. The minimum atomic E-state index is -1.34. The molecule has 46 heavy (non-hydrogen) atoms. The van der Waals surface area contributed by atoms with Crippen LogP contribution in [0.2, 0.25) is 0 Å². The van der Waals surface area contributed by atoms with Crippen LogP contribution in [0, 0.1) is 0 Å². The number of ether oxygens (including phenoxy) is 4. The van der Waals surface area contributed by atoms with Crippen LogP contribution in [0.15, 0.2) is 105 Å². The quantitative estimate of drug-likeness (QED) is 0.137. The van der Waals surface area contributed by atoms with Gasteiger partial charge >= 0.3 is 0 Å². The lowest BCUT2D eigenvalue weighted by atomic mass is 9.82. The molecule has 2 N–H and O–H groups in total. The van der Waals surface area contributed by atoms with Crippen molar-refractivity contribution in [1.29, 1.82) is 0 Å². The molecular formula is C36H36Br2N2O6. The molecule has 2 atom stereocenters. The Morgan fingerprint density at radius 3 is 2.35 bits per heavy atom. The number of carbonyl (C=O) groups is 1. The number of hydrogen-bond acceptors (Lipinski definition) is 7. The van der Waals surface area contributed by atoms with Gasteiger partial charge in [0.2, 0.25) is 5.90 Å². The lowest BCUT2D eigenvalue weighted by Crippen LogP contribution is -2.50. The van der Waals surface area contributed by atoms with Crippen molar-refractivity contribution in [2.45, 2.75) is 30.9 Å². The van der Waals surface area contributed by atoms with Crippen LogP contribution in [-0.4, -0.2) is 56.4 Å². The van der Waals surface area contributed by atoms with Crippen molar-refractivity contribution in [3.8, 4) is 17.2 Å². The Bertz CT molecular complexity index is 1680. The van der Waals surface area contributed by atoms with Gasteiger partial charge in [0.1, 0.15) is 5.75 Å². The molecule has 0 unspecified atom stereocenters. The van der Waals surface area contributed by atoms with Gasteiger partial charge in [-0.05, 0) is 66.1 Å². The standard InChI is InChI=1S/C36H36Br2N2O6/c1-43-31-17-12-24(22-32(31)44-2)18-19-39-35(42)36(23-26-8-3-5-10-29(26)37)33(28-9-4-6-11-30(28)38)46-34(40-36)25-13-15-27(16-14-25)45-21-7-20-41/h3-6,8-17,22,33,41H,7,18-21,23H2,1-2H3,(H,39,42)/t33-,36-/m1/s1. The first-order chi connectivity index (χ1) is 22.4. The van der Waals surface area contributed by atoms with Crippen molar-refractivity contribution in [3.05, 3.63) is 122 Å². The minimum Gasteiger partial charge on any atom is -0.494 e. The monoisotopic (exact) mass is 750 g/mol. The van der Waals surface area contributed by atoms with Crippen LogP contribution in [0.25, 0.3) is 0 Å². The second-order valence-electron chi connectivity index (χ2n) is 10.8. The number of halogens is 2. The van der Waals surface area contributed by atoms with Crippen molar-refractivity contribution in [1.82, 2.24) is 5.32 Å². The van der Waals surface area contributed by atoms with E-state index < -0.39 is 11.6 Å². The molecule has 0 saturated heterocycles. The van der Waals surface area contributed by atoms with E-state index in [0.717, 1.165) is 31.2 Å². The first-order valence-corrected chi connectivity index (χ1v) is 16.5. The van der Waals surface area contributed by atoms with Gasteiger partial charge in [0.15, 0.2) is 23.1 Å². The highest BCUT2D eigenvalue weighted by atomic mass is 79.9. The fraction of sp³-hybridized carbons (Fsp3) is 0.278. The Morgan fingerprint density at radius 2 is 1.65 bits per heavy atom. The predicted octanol–water partition coefficient (Wildman–Crippen LogP) is 6.85. The largest absolute Gasteiger partial charge is 0.494 e. The van der Waals surface area contributed by atoms with E-state index in [1.165, 1.54) is 0 Å². The molecular weight excluding hydrogens is 716 g/mol. The predicted molar refractivity (Wildman–Crippen MR) is 185 cm³/mol. The Balaban J connectivity index is 1.51. The number of aliphatic hydroxyl groups excluding tert-OH is 1. The molecule has 0 aromatic heterocycles. The van der Waals surface area contributed by atoms with E-state index >= 15 is 0 Å². The maximum atomic E-state index is 14.6. The van der Waals surface area contributed by atoms with Crippen molar-refractivity contribution in [2.24, 2.45) is 4.99 Å². The minimum absolute atomic E-state index is 0.0646. The van der Waals surface area contributed by atoms with E-state index in [1.807, 2.05) is 91.0 Å². The highest BCUT2D eigenvalue weighted by Gasteiger charge is 2.54. The zero-order chi connectivity index (χ0) is 32.5. The molecule has 0 saturated carbocycles. The Labute approximate surface area is 286 Å². The molecule has 0 fully saturated rings. The van der Waals surface area contributed by atoms with Crippen LogP contribution >= 0.6 is 31.9 Å². The van der Waals surface area contributed by atoms with Crippen LogP contribution in [0.5, 0.6) is 17.2 Å². The molecule has 8 nitrogen and oxygen atoms in total. The molecule has 1 heterocycles. The summed E-state index contributed by atoms with van der Waals surface area (Å²) in [5.41, 5.74) is 2.12. The van der Waals surface area contributed by atoms with Crippen molar-refractivity contribution < 1.29 is 28.8 Å². The van der Waals surface area contributed by atoms with Crippen molar-refractivity contribution >= 4 is 43.7 Å². The van der Waals surface area contributed by atoms with E-state index in [9.17, 15) is 4.79 Å². The number of amides is 1. The molecule has 4 aromatic rings. The summed E-state index contributed by atoms with van der Waals surface area (Å²) in [6, 6.07) is 28.7. The van der Waals surface area contributed by atoms with E-state index in [-0.39, 0.29) is 18.9 Å². The average Bonchev–Trinajstić information content (AvgIpc) is 3.46. The van der Waals surface area contributed by atoms with Gasteiger partial charge in [-0.15, -0.1) is 0 Å². The van der Waals surface area contributed by atoms with Gasteiger partial charge < -0.3 is 29.4 Å². The van der Waals surface area contributed by atoms with Crippen LogP contribution in [0.3, 0.4) is 0 Å². The lowest BCUT2D eigenvalue weighted by Gasteiger charge is -2.31. The van der Waals surface area contributed by atoms with E-state index in [2.05, 4.69) is 37.2 Å². The third kappa shape index (κ3) is 7.57. The molecule has 0 bridgehead atoms. The third-order valence-corrected chi connectivity index (χ3v) is 9.28. The van der Waals surface area contributed by atoms with Crippen molar-refractivity contribution in [2.75, 3.05) is 34.0 Å². The zero-order valence-electron chi connectivity index (χ0n) is 25.7. The summed E-state index contributed by atoms with van der Waals surface area (Å²) < 4.78 is 24.9.